The maximum absolute atomic E-state index is 11.0. The highest BCUT2D eigenvalue weighted by molar-refractivity contribution is 5.69. The lowest BCUT2D eigenvalue weighted by Crippen LogP contribution is -2.01. The summed E-state index contributed by atoms with van der Waals surface area (Å²) in [6.07, 6.45) is 2.96. The molecule has 0 spiro atoms. The number of ether oxygens (including phenoxy) is 2. The molecule has 1 aromatic heterocycles. The number of benzene rings is 1. The second-order valence-electron chi connectivity index (χ2n) is 4.20. The molecule has 0 unspecified atom stereocenters. The Labute approximate surface area is 112 Å². The zero-order valence-electron chi connectivity index (χ0n) is 10.9. The van der Waals surface area contributed by atoms with Crippen molar-refractivity contribution in [1.82, 2.24) is 4.98 Å². The molecule has 4 nitrogen and oxygen atoms in total. The van der Waals surface area contributed by atoms with Crippen molar-refractivity contribution in [3.8, 4) is 5.75 Å². The summed E-state index contributed by atoms with van der Waals surface area (Å²) in [7, 11) is 1.40. The molecule has 4 heteroatoms. The molecular formula is C15H17NO3. The van der Waals surface area contributed by atoms with E-state index in [2.05, 4.69) is 9.72 Å². The number of hydrogen-bond acceptors (Lipinski definition) is 3. The maximum atomic E-state index is 11.0. The van der Waals surface area contributed by atoms with E-state index in [0.717, 1.165) is 17.0 Å². The highest BCUT2D eigenvalue weighted by Crippen LogP contribution is 2.15. The topological polar surface area (TPSA) is 51.3 Å². The molecule has 0 radical (unpaired) electrons. The first-order valence-corrected chi connectivity index (χ1v) is 6.19. The molecule has 0 aliphatic heterocycles. The fourth-order valence-electron chi connectivity index (χ4n) is 1.72. The van der Waals surface area contributed by atoms with E-state index in [1.165, 1.54) is 7.11 Å². The van der Waals surface area contributed by atoms with Crippen molar-refractivity contribution >= 4 is 5.97 Å². The zero-order chi connectivity index (χ0) is 13.5. The summed E-state index contributed by atoms with van der Waals surface area (Å²) in [4.78, 5) is 14.1. The van der Waals surface area contributed by atoms with E-state index in [0.29, 0.717) is 19.4 Å². The van der Waals surface area contributed by atoms with Gasteiger partial charge in [-0.05, 0) is 36.2 Å². The standard InChI is InChI=1S/C15H17NO3/c1-18-15(17)9-6-12-4-7-14(8-5-12)19-11-13-3-2-10-16-13/h2-5,7-8,10,16H,6,9,11H2,1H3. The van der Waals surface area contributed by atoms with Crippen molar-refractivity contribution in [2.75, 3.05) is 7.11 Å². The summed E-state index contributed by atoms with van der Waals surface area (Å²) >= 11 is 0. The first-order valence-electron chi connectivity index (χ1n) is 6.19. The van der Waals surface area contributed by atoms with E-state index in [9.17, 15) is 4.79 Å². The molecule has 1 aromatic carbocycles. The Hall–Kier alpha value is -2.23. The summed E-state index contributed by atoms with van der Waals surface area (Å²) < 4.78 is 10.2. The van der Waals surface area contributed by atoms with Gasteiger partial charge in [-0.2, -0.15) is 0 Å². The molecule has 2 rings (SSSR count). The number of aromatic amines is 1. The molecule has 0 bridgehead atoms. The number of nitrogens with one attached hydrogen (secondary N) is 1. The summed E-state index contributed by atoms with van der Waals surface area (Å²) in [5.41, 5.74) is 2.13. The van der Waals surface area contributed by atoms with Gasteiger partial charge in [-0.25, -0.2) is 0 Å². The number of aromatic nitrogens is 1. The van der Waals surface area contributed by atoms with E-state index in [1.54, 1.807) is 0 Å². The van der Waals surface area contributed by atoms with Crippen LogP contribution in [0.3, 0.4) is 0 Å². The molecule has 0 saturated carbocycles. The average Bonchev–Trinajstić information content (AvgIpc) is 2.97. The minimum atomic E-state index is -0.188. The van der Waals surface area contributed by atoms with Gasteiger partial charge in [-0.1, -0.05) is 12.1 Å². The number of carbonyl (C=O) groups excluding carboxylic acids is 1. The Bertz CT molecular complexity index is 503. The van der Waals surface area contributed by atoms with Crippen LogP contribution in [-0.2, 0) is 22.6 Å². The van der Waals surface area contributed by atoms with Gasteiger partial charge in [0, 0.05) is 12.6 Å². The Morgan fingerprint density at radius 3 is 2.63 bits per heavy atom. The van der Waals surface area contributed by atoms with Crippen LogP contribution in [0.15, 0.2) is 42.6 Å². The fraction of sp³-hybridized carbons (Fsp3) is 0.267. The number of esters is 1. The van der Waals surface area contributed by atoms with E-state index in [4.69, 9.17) is 4.74 Å². The molecule has 0 amide bonds. The number of rotatable bonds is 6. The molecule has 0 aliphatic rings. The third kappa shape index (κ3) is 4.17. The number of aryl methyl sites for hydroxylation is 1. The molecule has 1 N–H and O–H groups in total. The van der Waals surface area contributed by atoms with Gasteiger partial charge in [0.25, 0.3) is 0 Å². The largest absolute Gasteiger partial charge is 0.487 e. The highest BCUT2D eigenvalue weighted by atomic mass is 16.5. The zero-order valence-corrected chi connectivity index (χ0v) is 10.9. The highest BCUT2D eigenvalue weighted by Gasteiger charge is 2.02. The van der Waals surface area contributed by atoms with Crippen molar-refractivity contribution in [3.63, 3.8) is 0 Å². The minimum absolute atomic E-state index is 0.188. The third-order valence-electron chi connectivity index (χ3n) is 2.83. The molecule has 19 heavy (non-hydrogen) atoms. The van der Waals surface area contributed by atoms with Gasteiger partial charge in [0.1, 0.15) is 12.4 Å². The summed E-state index contributed by atoms with van der Waals surface area (Å²) in [5, 5.41) is 0. The summed E-state index contributed by atoms with van der Waals surface area (Å²) in [6, 6.07) is 11.7. The summed E-state index contributed by atoms with van der Waals surface area (Å²) in [5.74, 6) is 0.628. The molecule has 0 fully saturated rings. The van der Waals surface area contributed by atoms with Crippen LogP contribution in [0.2, 0.25) is 0 Å². The second-order valence-corrected chi connectivity index (χ2v) is 4.20. The van der Waals surface area contributed by atoms with Crippen molar-refractivity contribution in [1.29, 1.82) is 0 Å². The van der Waals surface area contributed by atoms with E-state index in [1.807, 2.05) is 42.6 Å². The van der Waals surface area contributed by atoms with Crippen LogP contribution in [-0.4, -0.2) is 18.1 Å². The molecule has 2 aromatic rings. The maximum Gasteiger partial charge on any atom is 0.305 e. The number of carbonyl (C=O) groups is 1. The van der Waals surface area contributed by atoms with Gasteiger partial charge in [0.15, 0.2) is 0 Å². The van der Waals surface area contributed by atoms with Crippen LogP contribution in [0.5, 0.6) is 5.75 Å². The number of hydrogen-bond donors (Lipinski definition) is 1. The molecule has 0 atom stereocenters. The van der Waals surface area contributed by atoms with E-state index in [-0.39, 0.29) is 5.97 Å². The van der Waals surface area contributed by atoms with Crippen LogP contribution in [0, 0.1) is 0 Å². The first kappa shape index (κ1) is 13.2. The predicted octanol–water partition coefficient (Wildman–Crippen LogP) is 2.70. The second kappa shape index (κ2) is 6.64. The van der Waals surface area contributed by atoms with Crippen LogP contribution in [0.25, 0.3) is 0 Å². The van der Waals surface area contributed by atoms with Gasteiger partial charge < -0.3 is 14.5 Å². The Morgan fingerprint density at radius 1 is 1.21 bits per heavy atom. The SMILES string of the molecule is COC(=O)CCc1ccc(OCc2ccc[nH]2)cc1. The Morgan fingerprint density at radius 2 is 2.00 bits per heavy atom. The lowest BCUT2D eigenvalue weighted by molar-refractivity contribution is -0.140. The first-order chi connectivity index (χ1) is 9.28. The van der Waals surface area contributed by atoms with E-state index < -0.39 is 0 Å². The number of H-pyrrole nitrogens is 1. The van der Waals surface area contributed by atoms with Crippen molar-refractivity contribution in [2.24, 2.45) is 0 Å². The number of methoxy groups -OCH3 is 1. The van der Waals surface area contributed by atoms with E-state index >= 15 is 0 Å². The molecule has 1 heterocycles. The normalized spacial score (nSPS) is 10.2. The lowest BCUT2D eigenvalue weighted by Gasteiger charge is -2.06. The van der Waals surface area contributed by atoms with Crippen molar-refractivity contribution < 1.29 is 14.3 Å². The predicted molar refractivity (Wildman–Crippen MR) is 71.9 cm³/mol. The van der Waals surface area contributed by atoms with Crippen LogP contribution >= 0.6 is 0 Å². The van der Waals surface area contributed by atoms with Crippen molar-refractivity contribution in [2.45, 2.75) is 19.4 Å². The van der Waals surface area contributed by atoms with Crippen LogP contribution in [0.4, 0.5) is 0 Å². The van der Waals surface area contributed by atoms with Crippen molar-refractivity contribution in [3.05, 3.63) is 53.9 Å². The van der Waals surface area contributed by atoms with Gasteiger partial charge >= 0.3 is 5.97 Å². The fourth-order valence-corrected chi connectivity index (χ4v) is 1.72. The summed E-state index contributed by atoms with van der Waals surface area (Å²) in [6.45, 7) is 0.522. The molecular weight excluding hydrogens is 242 g/mol. The van der Waals surface area contributed by atoms with Gasteiger partial charge in [-0.3, -0.25) is 4.79 Å². The van der Waals surface area contributed by atoms with Crippen LogP contribution in [0.1, 0.15) is 17.7 Å². The molecule has 100 valence electrons. The van der Waals surface area contributed by atoms with Gasteiger partial charge in [-0.15, -0.1) is 0 Å². The molecule has 0 aliphatic carbocycles. The quantitative estimate of drug-likeness (QED) is 0.811. The third-order valence-corrected chi connectivity index (χ3v) is 2.83. The Kier molecular flexibility index (Phi) is 4.61. The average molecular weight is 259 g/mol. The molecule has 0 saturated heterocycles. The monoisotopic (exact) mass is 259 g/mol. The Balaban J connectivity index is 1.82. The van der Waals surface area contributed by atoms with Gasteiger partial charge in [0.2, 0.25) is 0 Å². The van der Waals surface area contributed by atoms with Gasteiger partial charge in [0.05, 0.1) is 12.8 Å². The lowest BCUT2D eigenvalue weighted by atomic mass is 10.1. The minimum Gasteiger partial charge on any atom is -0.487 e. The van der Waals surface area contributed by atoms with Crippen LogP contribution < -0.4 is 4.74 Å². The smallest absolute Gasteiger partial charge is 0.305 e.